The van der Waals surface area contributed by atoms with Gasteiger partial charge in [0.05, 0.1) is 0 Å². The molecule has 0 fully saturated rings. The molecule has 0 aliphatic rings. The zero-order valence-electron chi connectivity index (χ0n) is 17.3. The van der Waals surface area contributed by atoms with Gasteiger partial charge in [0.1, 0.15) is 0 Å². The lowest BCUT2D eigenvalue weighted by Gasteiger charge is -2.29. The number of hydrogen-bond acceptors (Lipinski definition) is 3. The van der Waals surface area contributed by atoms with Crippen LogP contribution in [-0.4, -0.2) is 55.1 Å². The highest BCUT2D eigenvalue weighted by molar-refractivity contribution is 7.07. The molecule has 1 unspecified atom stereocenters. The molecule has 1 aromatic carbocycles. The monoisotopic (exact) mass is 401 g/mol. The third kappa shape index (κ3) is 7.49. The molecule has 2 amide bonds. The van der Waals surface area contributed by atoms with Crippen molar-refractivity contribution >= 4 is 17.4 Å². The number of nitrogens with zero attached hydrogens (tertiary/aromatic N) is 2. The van der Waals surface area contributed by atoms with Crippen LogP contribution in [0.4, 0.5) is 4.79 Å². The minimum Gasteiger partial charge on any atom is -0.335 e. The van der Waals surface area contributed by atoms with Crippen molar-refractivity contribution in [1.82, 2.24) is 15.1 Å². The fourth-order valence-electron chi connectivity index (χ4n) is 3.28. The Morgan fingerprint density at radius 1 is 1.21 bits per heavy atom. The molecule has 0 saturated heterocycles. The van der Waals surface area contributed by atoms with Crippen LogP contribution in [0.15, 0.2) is 59.8 Å². The summed E-state index contributed by atoms with van der Waals surface area (Å²) in [7, 11) is 4.21. The maximum absolute atomic E-state index is 12.8. The largest absolute Gasteiger partial charge is 0.335 e. The highest BCUT2D eigenvalue weighted by Crippen LogP contribution is 2.12. The van der Waals surface area contributed by atoms with Gasteiger partial charge in [0.25, 0.3) is 0 Å². The van der Waals surface area contributed by atoms with Crippen molar-refractivity contribution in [3.63, 3.8) is 0 Å². The van der Waals surface area contributed by atoms with Gasteiger partial charge < -0.3 is 15.1 Å². The first-order valence-corrected chi connectivity index (χ1v) is 10.8. The summed E-state index contributed by atoms with van der Waals surface area (Å²) in [5, 5.41) is 7.34. The number of hydrogen-bond donors (Lipinski definition) is 1. The number of rotatable bonds is 11. The SMILES string of the molecule is C=CCN(CCC(Cc1ccccc1)N(C)C)C(=O)N[C@@H](C)Cc1ccsc1.[HH]. The van der Waals surface area contributed by atoms with Crippen LogP contribution in [0.5, 0.6) is 0 Å². The smallest absolute Gasteiger partial charge is 0.317 e. The molecule has 5 heteroatoms. The van der Waals surface area contributed by atoms with Crippen LogP contribution < -0.4 is 5.32 Å². The van der Waals surface area contributed by atoms with E-state index in [-0.39, 0.29) is 13.5 Å². The zero-order valence-corrected chi connectivity index (χ0v) is 18.1. The molecule has 0 aliphatic heterocycles. The second-order valence-corrected chi connectivity index (χ2v) is 8.30. The highest BCUT2D eigenvalue weighted by Gasteiger charge is 2.18. The normalized spacial score (nSPS) is 13.1. The van der Waals surface area contributed by atoms with Gasteiger partial charge in [0.15, 0.2) is 0 Å². The van der Waals surface area contributed by atoms with Gasteiger partial charge in [0.2, 0.25) is 0 Å². The van der Waals surface area contributed by atoms with E-state index >= 15 is 0 Å². The van der Waals surface area contributed by atoms with Gasteiger partial charge in [0, 0.05) is 26.6 Å². The number of thiophene rings is 1. The quantitative estimate of drug-likeness (QED) is 0.555. The number of benzene rings is 1. The Bertz CT molecular complexity index is 706. The first-order valence-electron chi connectivity index (χ1n) is 9.87. The molecular weight excluding hydrogens is 366 g/mol. The lowest BCUT2D eigenvalue weighted by atomic mass is 10.0. The molecule has 1 aromatic heterocycles. The molecule has 4 nitrogen and oxygen atoms in total. The van der Waals surface area contributed by atoms with Crippen molar-refractivity contribution in [1.29, 1.82) is 0 Å². The van der Waals surface area contributed by atoms with Crippen molar-refractivity contribution < 1.29 is 6.22 Å². The van der Waals surface area contributed by atoms with Crippen molar-refractivity contribution in [3.8, 4) is 0 Å². The summed E-state index contributed by atoms with van der Waals surface area (Å²) in [4.78, 5) is 16.9. The van der Waals surface area contributed by atoms with E-state index in [1.807, 2.05) is 11.0 Å². The standard InChI is InChI=1S/C23H33N3OS.H2/c1-5-13-26(23(27)24-19(2)16-21-12-15-28-18-21)14-11-22(25(3)4)17-20-9-7-6-8-10-20;/h5-10,12,15,18-19,22H,1,11,13-14,16-17H2,2-4H3,(H,24,27);1H/t19-,22?;/m0./s1. The lowest BCUT2D eigenvalue weighted by Crippen LogP contribution is -2.46. The van der Waals surface area contributed by atoms with E-state index in [4.69, 9.17) is 0 Å². The second kappa shape index (κ2) is 11.7. The van der Waals surface area contributed by atoms with Gasteiger partial charge in [-0.2, -0.15) is 11.3 Å². The molecule has 2 atom stereocenters. The fourth-order valence-corrected chi connectivity index (χ4v) is 3.96. The van der Waals surface area contributed by atoms with E-state index in [0.717, 1.165) is 19.3 Å². The van der Waals surface area contributed by atoms with Gasteiger partial charge >= 0.3 is 6.03 Å². The van der Waals surface area contributed by atoms with Gasteiger partial charge in [-0.1, -0.05) is 36.4 Å². The molecular formula is C23H35N3OS. The van der Waals surface area contributed by atoms with E-state index in [1.54, 1.807) is 17.4 Å². The predicted molar refractivity (Wildman–Crippen MR) is 122 cm³/mol. The van der Waals surface area contributed by atoms with E-state index in [9.17, 15) is 4.79 Å². The second-order valence-electron chi connectivity index (χ2n) is 7.52. The predicted octanol–water partition coefficient (Wildman–Crippen LogP) is 4.69. The minimum atomic E-state index is -0.0140. The Hall–Kier alpha value is -2.11. The molecule has 28 heavy (non-hydrogen) atoms. The summed E-state index contributed by atoms with van der Waals surface area (Å²) in [5.74, 6) is 0. The zero-order chi connectivity index (χ0) is 20.4. The van der Waals surface area contributed by atoms with E-state index < -0.39 is 0 Å². The Morgan fingerprint density at radius 2 is 1.96 bits per heavy atom. The van der Waals surface area contributed by atoms with Crippen LogP contribution in [-0.2, 0) is 12.8 Å². The molecule has 0 bridgehead atoms. The van der Waals surface area contributed by atoms with Crippen LogP contribution in [0, 0.1) is 0 Å². The Labute approximate surface area is 175 Å². The van der Waals surface area contributed by atoms with Crippen LogP contribution in [0.25, 0.3) is 0 Å². The van der Waals surface area contributed by atoms with Crippen molar-refractivity contribution in [2.45, 2.75) is 38.3 Å². The highest BCUT2D eigenvalue weighted by atomic mass is 32.1. The Morgan fingerprint density at radius 3 is 2.57 bits per heavy atom. The van der Waals surface area contributed by atoms with Crippen LogP contribution in [0.2, 0.25) is 0 Å². The average molecular weight is 402 g/mol. The summed E-state index contributed by atoms with van der Waals surface area (Å²) < 4.78 is 0. The van der Waals surface area contributed by atoms with Crippen LogP contribution in [0.3, 0.4) is 0 Å². The summed E-state index contributed by atoms with van der Waals surface area (Å²) in [5.41, 5.74) is 2.59. The molecule has 2 aromatic rings. The number of nitrogens with one attached hydrogen (secondary N) is 1. The maximum atomic E-state index is 12.8. The van der Waals surface area contributed by atoms with Crippen molar-refractivity contribution in [3.05, 3.63) is 70.9 Å². The van der Waals surface area contributed by atoms with Gasteiger partial charge in [-0.3, -0.25) is 0 Å². The van der Waals surface area contributed by atoms with Crippen LogP contribution >= 0.6 is 11.3 Å². The Balaban J connectivity index is 0.00000420. The fraction of sp³-hybridized carbons (Fsp3) is 0.435. The van der Waals surface area contributed by atoms with Crippen LogP contribution in [0.1, 0.15) is 25.9 Å². The lowest BCUT2D eigenvalue weighted by molar-refractivity contribution is 0.189. The molecule has 0 radical (unpaired) electrons. The minimum absolute atomic E-state index is 0. The number of likely N-dealkylation sites (N-methyl/N-ethyl adjacent to an activating group) is 1. The average Bonchev–Trinajstić information content (AvgIpc) is 3.17. The van der Waals surface area contributed by atoms with Crippen molar-refractivity contribution in [2.75, 3.05) is 27.2 Å². The molecule has 0 saturated carbocycles. The van der Waals surface area contributed by atoms with Crippen molar-refractivity contribution in [2.24, 2.45) is 0 Å². The molecule has 2 rings (SSSR count). The Kier molecular flexibility index (Phi) is 9.24. The number of amides is 2. The maximum Gasteiger partial charge on any atom is 0.317 e. The first-order chi connectivity index (χ1) is 13.5. The molecule has 0 aliphatic carbocycles. The molecule has 0 spiro atoms. The van der Waals surface area contributed by atoms with E-state index in [2.05, 4.69) is 78.9 Å². The summed E-state index contributed by atoms with van der Waals surface area (Å²) in [6, 6.07) is 13.1. The number of carbonyl (C=O) groups is 1. The number of urea groups is 1. The third-order valence-corrected chi connectivity index (χ3v) is 5.64. The number of carbonyl (C=O) groups excluding carboxylic acids is 1. The van der Waals surface area contributed by atoms with E-state index in [1.165, 1.54) is 11.1 Å². The third-order valence-electron chi connectivity index (χ3n) is 4.91. The topological polar surface area (TPSA) is 35.6 Å². The first kappa shape index (κ1) is 22.2. The molecule has 1 N–H and O–H groups in total. The van der Waals surface area contributed by atoms with Gasteiger partial charge in [-0.25, -0.2) is 4.79 Å². The molecule has 154 valence electrons. The van der Waals surface area contributed by atoms with E-state index in [0.29, 0.717) is 19.1 Å². The summed E-state index contributed by atoms with van der Waals surface area (Å²) >= 11 is 1.69. The summed E-state index contributed by atoms with van der Waals surface area (Å²) in [6.07, 6.45) is 4.55. The summed E-state index contributed by atoms with van der Waals surface area (Å²) in [6.45, 7) is 7.14. The van der Waals surface area contributed by atoms with Gasteiger partial charge in [-0.15, -0.1) is 6.58 Å². The molecule has 1 heterocycles. The van der Waals surface area contributed by atoms with Gasteiger partial charge in [-0.05, 0) is 68.2 Å².